The standard InChI is InChI=1S/C24H29N3O3/c1-3-9-19-10-4-7-13-22(19)30-17-8-16-27-21-12-6-5-11-20(21)26-23(27)14-15-25-24(28)18-29-2/h3-7,10-13H,1,8-9,14-18H2,2H3,(H,25,28). The van der Waals surface area contributed by atoms with Gasteiger partial charge in [0.2, 0.25) is 5.91 Å². The van der Waals surface area contributed by atoms with Gasteiger partial charge in [-0.3, -0.25) is 4.79 Å². The second-order valence-corrected chi connectivity index (χ2v) is 7.00. The molecule has 0 bridgehead atoms. The van der Waals surface area contributed by atoms with E-state index in [9.17, 15) is 4.79 Å². The first-order chi connectivity index (χ1) is 14.7. The second-order valence-electron chi connectivity index (χ2n) is 7.00. The van der Waals surface area contributed by atoms with Crippen LogP contribution in [0.5, 0.6) is 5.75 Å². The molecular weight excluding hydrogens is 378 g/mol. The van der Waals surface area contributed by atoms with Crippen LogP contribution in [0.25, 0.3) is 11.0 Å². The van der Waals surface area contributed by atoms with E-state index in [2.05, 4.69) is 28.6 Å². The Bertz CT molecular complexity index is 981. The van der Waals surface area contributed by atoms with Crippen molar-refractivity contribution in [1.82, 2.24) is 14.9 Å². The molecule has 1 heterocycles. The third kappa shape index (κ3) is 5.70. The number of hydrogen-bond donors (Lipinski definition) is 1. The van der Waals surface area contributed by atoms with Gasteiger partial charge in [0, 0.05) is 26.6 Å². The van der Waals surface area contributed by atoms with E-state index >= 15 is 0 Å². The molecule has 6 heteroatoms. The number of fused-ring (bicyclic) bond motifs is 1. The highest BCUT2D eigenvalue weighted by Crippen LogP contribution is 2.20. The molecule has 158 valence electrons. The van der Waals surface area contributed by atoms with Gasteiger partial charge in [-0.05, 0) is 36.6 Å². The van der Waals surface area contributed by atoms with Gasteiger partial charge < -0.3 is 19.4 Å². The van der Waals surface area contributed by atoms with Crippen molar-refractivity contribution in [2.24, 2.45) is 0 Å². The van der Waals surface area contributed by atoms with Crippen molar-refractivity contribution >= 4 is 16.9 Å². The van der Waals surface area contributed by atoms with E-state index in [1.807, 2.05) is 42.5 Å². The first-order valence-electron chi connectivity index (χ1n) is 10.2. The molecule has 1 N–H and O–H groups in total. The summed E-state index contributed by atoms with van der Waals surface area (Å²) in [5.74, 6) is 1.75. The van der Waals surface area contributed by atoms with Crippen LogP contribution >= 0.6 is 0 Å². The number of carbonyl (C=O) groups is 1. The Morgan fingerprint density at radius 2 is 2.00 bits per heavy atom. The third-order valence-electron chi connectivity index (χ3n) is 4.80. The van der Waals surface area contributed by atoms with E-state index in [1.165, 1.54) is 7.11 Å². The second kappa shape index (κ2) is 11.2. The molecule has 3 aromatic rings. The zero-order chi connectivity index (χ0) is 21.2. The summed E-state index contributed by atoms with van der Waals surface area (Å²) in [5.41, 5.74) is 3.21. The number of nitrogens with zero attached hydrogens (tertiary/aromatic N) is 2. The van der Waals surface area contributed by atoms with Crippen LogP contribution in [0.4, 0.5) is 0 Å². The number of rotatable bonds is 12. The molecule has 1 amide bonds. The summed E-state index contributed by atoms with van der Waals surface area (Å²) in [4.78, 5) is 16.4. The fraction of sp³-hybridized carbons (Fsp3) is 0.333. The molecular formula is C24H29N3O3. The summed E-state index contributed by atoms with van der Waals surface area (Å²) in [5, 5.41) is 2.86. The first kappa shape index (κ1) is 21.6. The van der Waals surface area contributed by atoms with E-state index in [1.54, 1.807) is 0 Å². The number of ether oxygens (including phenoxy) is 2. The number of amides is 1. The SMILES string of the molecule is C=CCc1ccccc1OCCCn1c(CCNC(=O)COC)nc2ccccc21. The van der Waals surface area contributed by atoms with Crippen LogP contribution in [0.1, 0.15) is 17.8 Å². The van der Waals surface area contributed by atoms with Crippen LogP contribution in [0.15, 0.2) is 61.2 Å². The van der Waals surface area contributed by atoms with E-state index in [-0.39, 0.29) is 12.5 Å². The zero-order valence-corrected chi connectivity index (χ0v) is 17.5. The van der Waals surface area contributed by atoms with Gasteiger partial charge in [-0.15, -0.1) is 6.58 Å². The van der Waals surface area contributed by atoms with Crippen molar-refractivity contribution in [2.45, 2.75) is 25.8 Å². The number of allylic oxidation sites excluding steroid dienone is 1. The normalized spacial score (nSPS) is 10.8. The molecule has 0 saturated heterocycles. The van der Waals surface area contributed by atoms with Gasteiger partial charge in [0.25, 0.3) is 0 Å². The quantitative estimate of drug-likeness (QED) is 0.368. The predicted octanol–water partition coefficient (Wildman–Crippen LogP) is 3.54. The highest BCUT2D eigenvalue weighted by atomic mass is 16.5. The van der Waals surface area contributed by atoms with Crippen molar-refractivity contribution < 1.29 is 14.3 Å². The highest BCUT2D eigenvalue weighted by Gasteiger charge is 2.11. The van der Waals surface area contributed by atoms with Crippen molar-refractivity contribution in [3.8, 4) is 5.75 Å². The Morgan fingerprint density at radius 1 is 1.20 bits per heavy atom. The number of para-hydroxylation sites is 3. The summed E-state index contributed by atoms with van der Waals surface area (Å²) in [6.07, 6.45) is 4.19. The van der Waals surface area contributed by atoms with Gasteiger partial charge in [-0.25, -0.2) is 4.98 Å². The fourth-order valence-electron chi connectivity index (χ4n) is 3.44. The van der Waals surface area contributed by atoms with Gasteiger partial charge in [0.05, 0.1) is 17.6 Å². The molecule has 0 spiro atoms. The van der Waals surface area contributed by atoms with Crippen molar-refractivity contribution in [1.29, 1.82) is 0 Å². The summed E-state index contributed by atoms with van der Waals surface area (Å²) in [6, 6.07) is 16.2. The van der Waals surface area contributed by atoms with Crippen LogP contribution in [0.3, 0.4) is 0 Å². The largest absolute Gasteiger partial charge is 0.493 e. The zero-order valence-electron chi connectivity index (χ0n) is 17.5. The molecule has 2 aromatic carbocycles. The van der Waals surface area contributed by atoms with Gasteiger partial charge >= 0.3 is 0 Å². The lowest BCUT2D eigenvalue weighted by molar-refractivity contribution is -0.124. The number of aryl methyl sites for hydroxylation is 1. The monoisotopic (exact) mass is 407 g/mol. The lowest BCUT2D eigenvalue weighted by Crippen LogP contribution is -2.29. The Hall–Kier alpha value is -3.12. The molecule has 0 saturated carbocycles. The number of imidazole rings is 1. The molecule has 1 aromatic heterocycles. The minimum absolute atomic E-state index is 0.0705. The van der Waals surface area contributed by atoms with Crippen LogP contribution in [-0.2, 0) is 28.9 Å². The first-order valence-corrected chi connectivity index (χ1v) is 10.2. The molecule has 0 radical (unpaired) electrons. The fourth-order valence-corrected chi connectivity index (χ4v) is 3.44. The number of aromatic nitrogens is 2. The van der Waals surface area contributed by atoms with E-state index in [4.69, 9.17) is 14.5 Å². The maximum absolute atomic E-state index is 11.6. The summed E-state index contributed by atoms with van der Waals surface area (Å²) < 4.78 is 13.1. The Labute approximate surface area is 177 Å². The van der Waals surface area contributed by atoms with Gasteiger partial charge in [0.15, 0.2) is 0 Å². The van der Waals surface area contributed by atoms with Gasteiger partial charge in [0.1, 0.15) is 18.2 Å². The third-order valence-corrected chi connectivity index (χ3v) is 4.80. The topological polar surface area (TPSA) is 65.4 Å². The average Bonchev–Trinajstić information content (AvgIpc) is 3.10. The minimum atomic E-state index is -0.119. The maximum atomic E-state index is 11.6. The van der Waals surface area contributed by atoms with Gasteiger partial charge in [-0.2, -0.15) is 0 Å². The van der Waals surface area contributed by atoms with Crippen molar-refractivity contribution in [2.75, 3.05) is 26.9 Å². The van der Waals surface area contributed by atoms with E-state index in [0.29, 0.717) is 19.6 Å². The Kier molecular flexibility index (Phi) is 8.03. The molecule has 0 fully saturated rings. The number of nitrogens with one attached hydrogen (secondary N) is 1. The number of hydrogen-bond acceptors (Lipinski definition) is 4. The number of benzene rings is 2. The lowest BCUT2D eigenvalue weighted by atomic mass is 10.1. The van der Waals surface area contributed by atoms with E-state index < -0.39 is 0 Å². The summed E-state index contributed by atoms with van der Waals surface area (Å²) in [7, 11) is 1.51. The van der Waals surface area contributed by atoms with Crippen molar-refractivity contribution in [3.63, 3.8) is 0 Å². The molecule has 0 aliphatic rings. The summed E-state index contributed by atoms with van der Waals surface area (Å²) >= 11 is 0. The molecule has 3 rings (SSSR count). The lowest BCUT2D eigenvalue weighted by Gasteiger charge is -2.12. The molecule has 0 atom stereocenters. The number of methoxy groups -OCH3 is 1. The van der Waals surface area contributed by atoms with Crippen LogP contribution in [0.2, 0.25) is 0 Å². The highest BCUT2D eigenvalue weighted by molar-refractivity contribution is 5.77. The predicted molar refractivity (Wildman–Crippen MR) is 119 cm³/mol. The molecule has 6 nitrogen and oxygen atoms in total. The molecule has 0 aliphatic carbocycles. The maximum Gasteiger partial charge on any atom is 0.245 e. The minimum Gasteiger partial charge on any atom is -0.493 e. The Balaban J connectivity index is 1.62. The Morgan fingerprint density at radius 3 is 2.83 bits per heavy atom. The summed E-state index contributed by atoms with van der Waals surface area (Å²) in [6.45, 7) is 5.82. The van der Waals surface area contributed by atoms with Crippen molar-refractivity contribution in [3.05, 3.63) is 72.6 Å². The van der Waals surface area contributed by atoms with Crippen LogP contribution in [0, 0.1) is 0 Å². The molecule has 30 heavy (non-hydrogen) atoms. The van der Waals surface area contributed by atoms with Crippen LogP contribution < -0.4 is 10.1 Å². The smallest absolute Gasteiger partial charge is 0.245 e. The van der Waals surface area contributed by atoms with Gasteiger partial charge in [-0.1, -0.05) is 36.4 Å². The number of carbonyl (C=O) groups excluding carboxylic acids is 1. The average molecular weight is 408 g/mol. The van der Waals surface area contributed by atoms with E-state index in [0.717, 1.165) is 47.6 Å². The molecule has 0 aliphatic heterocycles. The van der Waals surface area contributed by atoms with Crippen LogP contribution in [-0.4, -0.2) is 42.3 Å². The molecule has 0 unspecified atom stereocenters.